The van der Waals surface area contributed by atoms with Gasteiger partial charge in [-0.15, -0.1) is 0 Å². The molecule has 3 rings (SSSR count). The van der Waals surface area contributed by atoms with Crippen molar-refractivity contribution in [3.63, 3.8) is 0 Å². The first-order valence-electron chi connectivity index (χ1n) is 8.89. The van der Waals surface area contributed by atoms with E-state index in [-0.39, 0.29) is 16.3 Å². The molecule has 0 amide bonds. The van der Waals surface area contributed by atoms with Crippen LogP contribution in [0.25, 0.3) is 0 Å². The summed E-state index contributed by atoms with van der Waals surface area (Å²) in [4.78, 5) is 0.150. The lowest BCUT2D eigenvalue weighted by atomic mass is 10.1. The summed E-state index contributed by atoms with van der Waals surface area (Å²) in [5.41, 5.74) is 1.46. The second-order valence-corrected chi connectivity index (χ2v) is 8.75. The topological polar surface area (TPSA) is 81.7 Å². The number of hydrogen-bond donors (Lipinski definition) is 3. The Balaban J connectivity index is 1.63. The van der Waals surface area contributed by atoms with Gasteiger partial charge in [0.1, 0.15) is 5.75 Å². The van der Waals surface area contributed by atoms with Gasteiger partial charge >= 0.3 is 0 Å². The molecule has 1 aliphatic heterocycles. The molecule has 6 nitrogen and oxygen atoms in total. The molecule has 2 aromatic carbocycles. The molecule has 0 aliphatic carbocycles. The van der Waals surface area contributed by atoms with Crippen molar-refractivity contribution >= 4 is 33.0 Å². The summed E-state index contributed by atoms with van der Waals surface area (Å²) in [6.45, 7) is 1.69. The highest BCUT2D eigenvalue weighted by Crippen LogP contribution is 2.29. The number of hydrogen-bond acceptors (Lipinski definition) is 4. The van der Waals surface area contributed by atoms with Crippen LogP contribution in [0.2, 0.25) is 0 Å². The molecule has 8 heteroatoms. The fraction of sp³-hybridized carbons (Fsp3) is 0.316. The lowest BCUT2D eigenvalue weighted by molar-refractivity contribution is 0.473. The molecule has 0 atom stereocenters. The Morgan fingerprint density at radius 2 is 1.81 bits per heavy atom. The molecular formula is C19H23N3O3S2. The van der Waals surface area contributed by atoms with Crippen LogP contribution in [-0.4, -0.2) is 42.6 Å². The quantitative estimate of drug-likeness (QED) is 0.506. The summed E-state index contributed by atoms with van der Waals surface area (Å²) in [5.74, 6) is -0.0532. The van der Waals surface area contributed by atoms with Crippen molar-refractivity contribution in [2.45, 2.75) is 24.2 Å². The lowest BCUT2D eigenvalue weighted by Gasteiger charge is -2.17. The zero-order chi connectivity index (χ0) is 19.3. The van der Waals surface area contributed by atoms with Gasteiger partial charge < -0.3 is 15.7 Å². The third-order valence-electron chi connectivity index (χ3n) is 4.46. The molecule has 0 unspecified atom stereocenters. The van der Waals surface area contributed by atoms with Gasteiger partial charge in [0, 0.05) is 19.6 Å². The number of rotatable bonds is 6. The first-order chi connectivity index (χ1) is 13.0. The van der Waals surface area contributed by atoms with Gasteiger partial charge in [0.2, 0.25) is 10.0 Å². The maximum Gasteiger partial charge on any atom is 0.243 e. The molecule has 0 saturated carbocycles. The van der Waals surface area contributed by atoms with Gasteiger partial charge in [-0.1, -0.05) is 30.3 Å². The number of phenolic OH excluding ortho intramolecular Hbond substituents is 1. The van der Waals surface area contributed by atoms with Crippen LogP contribution in [0.5, 0.6) is 5.75 Å². The molecule has 1 aliphatic rings. The van der Waals surface area contributed by atoms with E-state index in [1.54, 1.807) is 0 Å². The Morgan fingerprint density at radius 3 is 2.52 bits per heavy atom. The highest BCUT2D eigenvalue weighted by Gasteiger charge is 2.27. The highest BCUT2D eigenvalue weighted by atomic mass is 32.2. The zero-order valence-corrected chi connectivity index (χ0v) is 16.5. The smallest absolute Gasteiger partial charge is 0.243 e. The van der Waals surface area contributed by atoms with E-state index in [0.29, 0.717) is 24.7 Å². The molecule has 0 bridgehead atoms. The Hall–Kier alpha value is -2.16. The Labute approximate surface area is 165 Å². The molecule has 0 radical (unpaired) electrons. The number of benzene rings is 2. The normalized spacial score (nSPS) is 14.8. The van der Waals surface area contributed by atoms with Crippen molar-refractivity contribution in [3.8, 4) is 5.75 Å². The molecule has 1 heterocycles. The summed E-state index contributed by atoms with van der Waals surface area (Å²) in [5, 5.41) is 16.3. The van der Waals surface area contributed by atoms with Crippen molar-refractivity contribution in [1.82, 2.24) is 9.62 Å². The fourth-order valence-electron chi connectivity index (χ4n) is 2.98. The molecule has 0 spiro atoms. The minimum atomic E-state index is -3.55. The molecule has 27 heavy (non-hydrogen) atoms. The molecule has 0 aromatic heterocycles. The molecule has 1 fully saturated rings. The van der Waals surface area contributed by atoms with E-state index < -0.39 is 10.0 Å². The summed E-state index contributed by atoms with van der Waals surface area (Å²) in [6.07, 6.45) is 2.55. The second-order valence-electron chi connectivity index (χ2n) is 6.41. The monoisotopic (exact) mass is 405 g/mol. The van der Waals surface area contributed by atoms with Crippen LogP contribution in [0, 0.1) is 0 Å². The van der Waals surface area contributed by atoms with Gasteiger partial charge in [0.15, 0.2) is 5.11 Å². The van der Waals surface area contributed by atoms with Crippen molar-refractivity contribution in [2.75, 3.05) is 25.0 Å². The van der Waals surface area contributed by atoms with Gasteiger partial charge in [-0.25, -0.2) is 8.42 Å². The number of anilines is 1. The maximum atomic E-state index is 12.7. The van der Waals surface area contributed by atoms with Crippen LogP contribution in [0.1, 0.15) is 18.4 Å². The molecule has 144 valence electrons. The SMILES string of the molecule is O=S(=O)(c1ccc(O)c(NC(=S)NCCc2ccccc2)c1)N1CCCC1. The third-order valence-corrected chi connectivity index (χ3v) is 6.60. The standard InChI is InChI=1S/C19H23N3O3S2/c23-18-9-8-16(27(24,25)22-12-4-5-13-22)14-17(18)21-19(26)20-11-10-15-6-2-1-3-7-15/h1-3,6-9,14,23H,4-5,10-13H2,(H2,20,21,26). The second kappa shape index (κ2) is 8.69. The van der Waals surface area contributed by atoms with E-state index in [2.05, 4.69) is 10.6 Å². The first-order valence-corrected chi connectivity index (χ1v) is 10.7. The summed E-state index contributed by atoms with van der Waals surface area (Å²) < 4.78 is 26.8. The Morgan fingerprint density at radius 1 is 1.11 bits per heavy atom. The summed E-state index contributed by atoms with van der Waals surface area (Å²) >= 11 is 5.26. The number of sulfonamides is 1. The zero-order valence-electron chi connectivity index (χ0n) is 14.9. The maximum absolute atomic E-state index is 12.7. The van der Waals surface area contributed by atoms with Crippen LogP contribution >= 0.6 is 12.2 Å². The average Bonchev–Trinajstić information content (AvgIpc) is 3.20. The molecule has 2 aromatic rings. The van der Waals surface area contributed by atoms with Gasteiger partial charge in [0.25, 0.3) is 0 Å². The van der Waals surface area contributed by atoms with Crippen LogP contribution in [-0.2, 0) is 16.4 Å². The predicted molar refractivity (Wildman–Crippen MR) is 110 cm³/mol. The van der Waals surface area contributed by atoms with E-state index in [9.17, 15) is 13.5 Å². The minimum absolute atomic E-state index is 0.0532. The number of thiocarbonyl (C=S) groups is 1. The third kappa shape index (κ3) is 4.97. The van der Waals surface area contributed by atoms with Gasteiger partial charge in [-0.3, -0.25) is 0 Å². The van der Waals surface area contributed by atoms with Crippen LogP contribution in [0.15, 0.2) is 53.4 Å². The van der Waals surface area contributed by atoms with E-state index in [4.69, 9.17) is 12.2 Å². The number of phenols is 1. The molecule has 1 saturated heterocycles. The molecule has 3 N–H and O–H groups in total. The highest BCUT2D eigenvalue weighted by molar-refractivity contribution is 7.89. The summed E-state index contributed by atoms with van der Waals surface area (Å²) in [6, 6.07) is 14.2. The van der Waals surface area contributed by atoms with Crippen molar-refractivity contribution in [2.24, 2.45) is 0 Å². The average molecular weight is 406 g/mol. The fourth-order valence-corrected chi connectivity index (χ4v) is 4.74. The van der Waals surface area contributed by atoms with Crippen molar-refractivity contribution < 1.29 is 13.5 Å². The van der Waals surface area contributed by atoms with Gasteiger partial charge in [-0.05, 0) is 55.2 Å². The van der Waals surface area contributed by atoms with Crippen molar-refractivity contribution in [3.05, 3.63) is 54.1 Å². The van der Waals surface area contributed by atoms with E-state index in [0.717, 1.165) is 19.3 Å². The van der Waals surface area contributed by atoms with Gasteiger partial charge in [-0.2, -0.15) is 4.31 Å². The number of nitrogens with one attached hydrogen (secondary N) is 2. The minimum Gasteiger partial charge on any atom is -0.506 e. The first kappa shape index (κ1) is 19.6. The van der Waals surface area contributed by atoms with Crippen molar-refractivity contribution in [1.29, 1.82) is 0 Å². The van der Waals surface area contributed by atoms with E-state index in [1.807, 2.05) is 30.3 Å². The van der Waals surface area contributed by atoms with Gasteiger partial charge in [0.05, 0.1) is 10.6 Å². The number of nitrogens with zero attached hydrogens (tertiary/aromatic N) is 1. The van der Waals surface area contributed by atoms with Crippen LogP contribution in [0.4, 0.5) is 5.69 Å². The molecular weight excluding hydrogens is 382 g/mol. The van der Waals surface area contributed by atoms with E-state index >= 15 is 0 Å². The number of aromatic hydroxyl groups is 1. The Bertz CT molecular complexity index is 896. The van der Waals surface area contributed by atoms with Crippen LogP contribution in [0.3, 0.4) is 0 Å². The Kier molecular flexibility index (Phi) is 6.30. The van der Waals surface area contributed by atoms with Crippen LogP contribution < -0.4 is 10.6 Å². The predicted octanol–water partition coefficient (Wildman–Crippen LogP) is 2.71. The largest absolute Gasteiger partial charge is 0.506 e. The lowest BCUT2D eigenvalue weighted by Crippen LogP contribution is -2.30. The van der Waals surface area contributed by atoms with E-state index in [1.165, 1.54) is 28.1 Å². The summed E-state index contributed by atoms with van der Waals surface area (Å²) in [7, 11) is -3.55.